The van der Waals surface area contributed by atoms with E-state index in [9.17, 15) is 4.79 Å². The monoisotopic (exact) mass is 475 g/mol. The normalized spacial score (nSPS) is 20.1. The molecule has 1 N–H and O–H groups in total. The van der Waals surface area contributed by atoms with Gasteiger partial charge < -0.3 is 19.4 Å². The van der Waals surface area contributed by atoms with Gasteiger partial charge in [-0.2, -0.15) is 0 Å². The number of nitrogens with one attached hydrogen (secondary N) is 1. The fourth-order valence-corrected chi connectivity index (χ4v) is 5.53. The van der Waals surface area contributed by atoms with Crippen LogP contribution in [-0.4, -0.2) is 54.8 Å². The van der Waals surface area contributed by atoms with Gasteiger partial charge in [-0.05, 0) is 68.4 Å². The zero-order valence-electron chi connectivity index (χ0n) is 20.8. The fourth-order valence-electron chi connectivity index (χ4n) is 5.53. The number of carbonyl (C=O) groups excluding carboxylic acids is 1. The maximum atomic E-state index is 12.7. The summed E-state index contributed by atoms with van der Waals surface area (Å²) in [4.78, 5) is 15.3. The molecule has 1 fully saturated rings. The highest BCUT2D eigenvalue weighted by Gasteiger charge is 2.35. The topological polar surface area (TPSA) is 55.7 Å². The highest BCUT2D eigenvalue weighted by molar-refractivity contribution is 5.96. The van der Waals surface area contributed by atoms with Crippen molar-refractivity contribution in [1.29, 1.82) is 0 Å². The van der Waals surface area contributed by atoms with Gasteiger partial charge in [0.05, 0.1) is 18.8 Å². The van der Waals surface area contributed by atoms with E-state index in [4.69, 9.17) is 9.47 Å². The Kier molecular flexibility index (Phi) is 7.40. The zero-order chi connectivity index (χ0) is 24.1. The van der Waals surface area contributed by atoms with Gasteiger partial charge in [-0.1, -0.05) is 36.8 Å². The first-order valence-corrected chi connectivity index (χ1v) is 13.0. The van der Waals surface area contributed by atoms with Gasteiger partial charge >= 0.3 is 0 Å². The number of nitrogens with zero attached hydrogens (tertiary/aromatic N) is 2. The van der Waals surface area contributed by atoms with Gasteiger partial charge in [0.15, 0.2) is 0 Å². The lowest BCUT2D eigenvalue weighted by Gasteiger charge is -2.42. The number of aryl methyl sites for hydroxylation is 1. The minimum Gasteiger partial charge on any atom is -0.492 e. The van der Waals surface area contributed by atoms with Crippen LogP contribution in [0.4, 0.5) is 0 Å². The summed E-state index contributed by atoms with van der Waals surface area (Å²) in [7, 11) is 2.17. The summed E-state index contributed by atoms with van der Waals surface area (Å²) in [5, 5.41) is 4.26. The molecule has 0 radical (unpaired) electrons. The first-order valence-electron chi connectivity index (χ1n) is 13.0. The third-order valence-corrected chi connectivity index (χ3v) is 7.80. The third-order valence-electron chi connectivity index (χ3n) is 7.80. The summed E-state index contributed by atoms with van der Waals surface area (Å²) in [6, 6.07) is 18.5. The number of piperidine rings is 1. The number of hydrogen-bond acceptors (Lipinski definition) is 4. The number of ether oxygens (including phenoxy) is 2. The summed E-state index contributed by atoms with van der Waals surface area (Å²) in [5.41, 5.74) is 3.39. The second kappa shape index (κ2) is 10.8. The maximum absolute atomic E-state index is 12.7. The van der Waals surface area contributed by atoms with Crippen LogP contribution >= 0.6 is 0 Å². The summed E-state index contributed by atoms with van der Waals surface area (Å²) < 4.78 is 14.5. The molecule has 1 saturated heterocycles. The summed E-state index contributed by atoms with van der Waals surface area (Å²) >= 11 is 0. The lowest BCUT2D eigenvalue weighted by atomic mass is 9.75. The van der Waals surface area contributed by atoms with Crippen LogP contribution < -0.4 is 10.1 Å². The summed E-state index contributed by atoms with van der Waals surface area (Å²) in [5.74, 6) is 0.584. The highest BCUT2D eigenvalue weighted by Crippen LogP contribution is 2.38. The summed E-state index contributed by atoms with van der Waals surface area (Å²) in [6.07, 6.45) is 5.53. The number of amides is 1. The van der Waals surface area contributed by atoms with Crippen LogP contribution in [0.25, 0.3) is 10.9 Å². The van der Waals surface area contributed by atoms with E-state index in [1.165, 1.54) is 16.6 Å². The van der Waals surface area contributed by atoms with E-state index in [1.54, 1.807) is 0 Å². The molecule has 2 aliphatic heterocycles. The zero-order valence-corrected chi connectivity index (χ0v) is 20.8. The Morgan fingerprint density at radius 3 is 2.63 bits per heavy atom. The van der Waals surface area contributed by atoms with E-state index in [0.717, 1.165) is 58.3 Å². The van der Waals surface area contributed by atoms with Crippen LogP contribution in [0.1, 0.15) is 48.2 Å². The SMILES string of the molecule is Cn1c(CN2CCC3(CCCCOCCNC(=O)c4ccccc4OC3)CC2)cc2ccccc21. The minimum absolute atomic E-state index is 0.0971. The Morgan fingerprint density at radius 1 is 0.971 bits per heavy atom. The number of rotatable bonds is 2. The first-order chi connectivity index (χ1) is 17.1. The molecule has 3 heterocycles. The molecule has 2 aromatic carbocycles. The molecule has 6 heteroatoms. The first kappa shape index (κ1) is 23.9. The van der Waals surface area contributed by atoms with Gasteiger partial charge in [-0.3, -0.25) is 9.69 Å². The van der Waals surface area contributed by atoms with Crippen LogP contribution in [0.5, 0.6) is 5.75 Å². The van der Waals surface area contributed by atoms with E-state index in [2.05, 4.69) is 52.2 Å². The average molecular weight is 476 g/mol. The van der Waals surface area contributed by atoms with Crippen LogP contribution in [0, 0.1) is 5.41 Å². The Hall–Kier alpha value is -2.83. The number of carbonyl (C=O) groups is 1. The molecule has 186 valence electrons. The predicted octanol–water partition coefficient (Wildman–Crippen LogP) is 4.77. The van der Waals surface area contributed by atoms with Crippen molar-refractivity contribution < 1.29 is 14.3 Å². The molecule has 6 nitrogen and oxygen atoms in total. The Morgan fingerprint density at radius 2 is 1.77 bits per heavy atom. The predicted molar refractivity (Wildman–Crippen MR) is 139 cm³/mol. The molecule has 2 aliphatic rings. The van der Waals surface area contributed by atoms with Crippen molar-refractivity contribution in [2.75, 3.05) is 39.5 Å². The van der Waals surface area contributed by atoms with Crippen molar-refractivity contribution in [3.8, 4) is 5.75 Å². The second-order valence-electron chi connectivity index (χ2n) is 10.1. The molecule has 0 aliphatic carbocycles. The number of fused-ring (bicyclic) bond motifs is 2. The molecule has 0 bridgehead atoms. The fraction of sp³-hybridized carbons (Fsp3) is 0.483. The molecule has 1 aromatic heterocycles. The highest BCUT2D eigenvalue weighted by atomic mass is 16.5. The number of hydrogen-bond donors (Lipinski definition) is 1. The number of para-hydroxylation sites is 2. The number of likely N-dealkylation sites (tertiary alicyclic amines) is 1. The summed E-state index contributed by atoms with van der Waals surface area (Å²) in [6.45, 7) is 5.55. The van der Waals surface area contributed by atoms with E-state index >= 15 is 0 Å². The van der Waals surface area contributed by atoms with Crippen LogP contribution in [0.3, 0.4) is 0 Å². The van der Waals surface area contributed by atoms with Crippen molar-refractivity contribution in [3.63, 3.8) is 0 Å². The maximum Gasteiger partial charge on any atom is 0.255 e. The second-order valence-corrected chi connectivity index (χ2v) is 10.1. The van der Waals surface area contributed by atoms with Crippen molar-refractivity contribution in [2.45, 2.75) is 38.6 Å². The van der Waals surface area contributed by atoms with Gasteiger partial charge in [0.2, 0.25) is 0 Å². The van der Waals surface area contributed by atoms with Crippen molar-refractivity contribution in [2.24, 2.45) is 12.5 Å². The van der Waals surface area contributed by atoms with Crippen molar-refractivity contribution in [1.82, 2.24) is 14.8 Å². The van der Waals surface area contributed by atoms with Gasteiger partial charge in [0.25, 0.3) is 5.91 Å². The quantitative estimate of drug-likeness (QED) is 0.580. The number of benzene rings is 2. The molecule has 1 spiro atoms. The standard InChI is InChI=1S/C29H37N3O3/c1-31-24(20-23-8-2-4-10-26(23)31)21-32-16-13-29(14-17-32)12-6-7-18-34-19-15-30-28(33)25-9-3-5-11-27(25)35-22-29/h2-5,8-11,20H,6-7,12-19,21-22H2,1H3,(H,30,33). The average Bonchev–Trinajstić information content (AvgIpc) is 3.20. The molecule has 5 rings (SSSR count). The van der Waals surface area contributed by atoms with E-state index in [0.29, 0.717) is 31.1 Å². The van der Waals surface area contributed by atoms with E-state index in [1.807, 2.05) is 24.3 Å². The van der Waals surface area contributed by atoms with Crippen molar-refractivity contribution in [3.05, 3.63) is 65.9 Å². The Labute approximate surface area is 208 Å². The van der Waals surface area contributed by atoms with Crippen LogP contribution in [0.15, 0.2) is 54.6 Å². The lowest BCUT2D eigenvalue weighted by Crippen LogP contribution is -2.43. The molecule has 0 atom stereocenters. The molecule has 3 aromatic rings. The molecule has 0 unspecified atom stereocenters. The van der Waals surface area contributed by atoms with Crippen LogP contribution in [-0.2, 0) is 18.3 Å². The van der Waals surface area contributed by atoms with Crippen molar-refractivity contribution >= 4 is 16.8 Å². The Balaban J connectivity index is 1.28. The molecule has 35 heavy (non-hydrogen) atoms. The molecular formula is C29H37N3O3. The van der Waals surface area contributed by atoms with Crippen LogP contribution in [0.2, 0.25) is 0 Å². The number of aromatic nitrogens is 1. The molecule has 0 saturated carbocycles. The van der Waals surface area contributed by atoms with E-state index in [-0.39, 0.29) is 11.3 Å². The lowest BCUT2D eigenvalue weighted by molar-refractivity contribution is 0.0378. The minimum atomic E-state index is -0.0971. The van der Waals surface area contributed by atoms with Gasteiger partial charge in [-0.25, -0.2) is 0 Å². The van der Waals surface area contributed by atoms with Gasteiger partial charge in [0.1, 0.15) is 5.75 Å². The van der Waals surface area contributed by atoms with E-state index < -0.39 is 0 Å². The van der Waals surface area contributed by atoms with Gasteiger partial charge in [0, 0.05) is 43.4 Å². The smallest absolute Gasteiger partial charge is 0.255 e. The molecule has 1 amide bonds. The Bertz CT molecular complexity index is 1150. The largest absolute Gasteiger partial charge is 0.492 e. The van der Waals surface area contributed by atoms with Gasteiger partial charge in [-0.15, -0.1) is 0 Å². The third kappa shape index (κ3) is 5.54. The molecular weight excluding hydrogens is 438 g/mol.